The van der Waals surface area contributed by atoms with E-state index in [0.717, 1.165) is 5.56 Å². The van der Waals surface area contributed by atoms with Crippen molar-refractivity contribution >= 4 is 11.6 Å². The van der Waals surface area contributed by atoms with Crippen LogP contribution in [0, 0.1) is 0 Å². The van der Waals surface area contributed by atoms with Gasteiger partial charge >= 0.3 is 0 Å². The molecule has 0 saturated heterocycles. The van der Waals surface area contributed by atoms with Gasteiger partial charge in [-0.25, -0.2) is 0 Å². The maximum absolute atomic E-state index is 5.81. The molecule has 0 aliphatic carbocycles. The summed E-state index contributed by atoms with van der Waals surface area (Å²) in [6, 6.07) is 7.10. The molecule has 1 heterocycles. The summed E-state index contributed by atoms with van der Waals surface area (Å²) in [5.74, 6) is 1.04. The fraction of sp³-hybridized carbons (Fsp3) is 0.333. The maximum Gasteiger partial charge on any atom is 0.228 e. The fourth-order valence-corrected chi connectivity index (χ4v) is 1.68. The number of rotatable bonds is 5. The third-order valence-electron chi connectivity index (χ3n) is 2.39. The minimum atomic E-state index is -0.145. The molecule has 5 nitrogen and oxygen atoms in total. The molecule has 1 unspecified atom stereocenters. The lowest BCUT2D eigenvalue weighted by molar-refractivity contribution is 0.176. The summed E-state index contributed by atoms with van der Waals surface area (Å²) in [6.07, 6.45) is 0.494. The minimum absolute atomic E-state index is 0.145. The molecule has 0 saturated carbocycles. The Morgan fingerprint density at radius 1 is 1.39 bits per heavy atom. The van der Waals surface area contributed by atoms with E-state index in [9.17, 15) is 0 Å². The number of nitrogens with zero attached hydrogens (tertiary/aromatic N) is 2. The molecule has 1 aromatic heterocycles. The highest BCUT2D eigenvalue weighted by Crippen LogP contribution is 2.18. The van der Waals surface area contributed by atoms with Crippen LogP contribution in [-0.4, -0.2) is 29.9 Å². The van der Waals surface area contributed by atoms with Gasteiger partial charge in [0.2, 0.25) is 11.7 Å². The van der Waals surface area contributed by atoms with Gasteiger partial charge in [0.25, 0.3) is 0 Å². The van der Waals surface area contributed by atoms with Crippen LogP contribution in [0.25, 0.3) is 11.4 Å². The molecule has 2 rings (SSSR count). The quantitative estimate of drug-likeness (QED) is 0.896. The van der Waals surface area contributed by atoms with Crippen LogP contribution in [0.4, 0.5) is 0 Å². The fourth-order valence-electron chi connectivity index (χ4n) is 1.55. The predicted octanol–water partition coefficient (Wildman–Crippen LogP) is 1.91. The van der Waals surface area contributed by atoms with E-state index in [1.807, 2.05) is 12.1 Å². The van der Waals surface area contributed by atoms with Crippen LogP contribution in [0.3, 0.4) is 0 Å². The molecular weight excluding hydrogens is 254 g/mol. The maximum atomic E-state index is 5.81. The highest BCUT2D eigenvalue weighted by Gasteiger charge is 2.12. The van der Waals surface area contributed by atoms with E-state index in [0.29, 0.717) is 29.8 Å². The van der Waals surface area contributed by atoms with Crippen molar-refractivity contribution in [1.29, 1.82) is 0 Å². The summed E-state index contributed by atoms with van der Waals surface area (Å²) in [6.45, 7) is 0.457. The van der Waals surface area contributed by atoms with Gasteiger partial charge in [-0.1, -0.05) is 16.8 Å². The number of benzene rings is 1. The van der Waals surface area contributed by atoms with Crippen molar-refractivity contribution in [1.82, 2.24) is 10.1 Å². The molecule has 0 aliphatic heterocycles. The summed E-state index contributed by atoms with van der Waals surface area (Å²) < 4.78 is 10.1. The average Bonchev–Trinajstić information content (AvgIpc) is 2.78. The Morgan fingerprint density at radius 2 is 2.11 bits per heavy atom. The molecule has 2 N–H and O–H groups in total. The van der Waals surface area contributed by atoms with Crippen LogP contribution in [0.5, 0.6) is 0 Å². The van der Waals surface area contributed by atoms with Crippen molar-refractivity contribution in [3.8, 4) is 11.4 Å². The van der Waals surface area contributed by atoms with Crippen LogP contribution >= 0.6 is 11.6 Å². The van der Waals surface area contributed by atoms with Crippen molar-refractivity contribution in [3.05, 3.63) is 35.2 Å². The van der Waals surface area contributed by atoms with Gasteiger partial charge in [0.1, 0.15) is 0 Å². The number of nitrogens with two attached hydrogens (primary N) is 1. The van der Waals surface area contributed by atoms with Gasteiger partial charge in [-0.3, -0.25) is 0 Å². The van der Waals surface area contributed by atoms with Gasteiger partial charge in [-0.2, -0.15) is 4.98 Å². The molecule has 6 heteroatoms. The van der Waals surface area contributed by atoms with Gasteiger partial charge < -0.3 is 15.0 Å². The summed E-state index contributed by atoms with van der Waals surface area (Å²) in [4.78, 5) is 4.28. The first-order valence-electron chi connectivity index (χ1n) is 5.52. The van der Waals surface area contributed by atoms with Crippen molar-refractivity contribution in [2.24, 2.45) is 5.73 Å². The molecule has 0 bridgehead atoms. The van der Waals surface area contributed by atoms with Crippen LogP contribution in [-0.2, 0) is 11.2 Å². The molecular formula is C12H14ClN3O2. The number of hydrogen-bond donors (Lipinski definition) is 1. The van der Waals surface area contributed by atoms with Crippen LogP contribution < -0.4 is 5.73 Å². The van der Waals surface area contributed by atoms with Gasteiger partial charge in [0, 0.05) is 30.2 Å². The van der Waals surface area contributed by atoms with Crippen molar-refractivity contribution in [2.75, 3.05) is 13.7 Å². The molecule has 0 fully saturated rings. The van der Waals surface area contributed by atoms with Gasteiger partial charge in [-0.15, -0.1) is 0 Å². The second kappa shape index (κ2) is 5.95. The monoisotopic (exact) mass is 267 g/mol. The first-order chi connectivity index (χ1) is 8.69. The van der Waals surface area contributed by atoms with Crippen LogP contribution in [0.2, 0.25) is 5.02 Å². The Hall–Kier alpha value is -1.43. The van der Waals surface area contributed by atoms with E-state index >= 15 is 0 Å². The smallest absolute Gasteiger partial charge is 0.228 e. The Balaban J connectivity index is 2.08. The van der Waals surface area contributed by atoms with Crippen LogP contribution in [0.15, 0.2) is 28.8 Å². The summed E-state index contributed by atoms with van der Waals surface area (Å²) >= 11 is 5.81. The minimum Gasteiger partial charge on any atom is -0.383 e. The number of halogens is 1. The first kappa shape index (κ1) is 13.0. The topological polar surface area (TPSA) is 74.2 Å². The van der Waals surface area contributed by atoms with Gasteiger partial charge in [0.15, 0.2) is 0 Å². The van der Waals surface area contributed by atoms with Crippen molar-refractivity contribution in [3.63, 3.8) is 0 Å². The zero-order valence-corrected chi connectivity index (χ0v) is 10.7. The molecule has 1 aromatic carbocycles. The average molecular weight is 268 g/mol. The molecule has 1 atom stereocenters. The molecule has 2 aromatic rings. The number of methoxy groups -OCH3 is 1. The number of ether oxygens (including phenoxy) is 1. The SMILES string of the molecule is COCC(N)Cc1nc(-c2ccc(Cl)cc2)no1. The van der Waals surface area contributed by atoms with E-state index in [1.165, 1.54) is 0 Å². The van der Waals surface area contributed by atoms with E-state index in [2.05, 4.69) is 10.1 Å². The largest absolute Gasteiger partial charge is 0.383 e. The summed E-state index contributed by atoms with van der Waals surface area (Å²) in [5.41, 5.74) is 6.67. The third-order valence-corrected chi connectivity index (χ3v) is 2.64. The Labute approximate surface area is 110 Å². The summed E-state index contributed by atoms with van der Waals surface area (Å²) in [7, 11) is 1.60. The first-order valence-corrected chi connectivity index (χ1v) is 5.90. The standard InChI is InChI=1S/C12H14ClN3O2/c1-17-7-10(14)6-11-15-12(16-18-11)8-2-4-9(13)5-3-8/h2-5,10H,6-7,14H2,1H3. The molecule has 0 aliphatic rings. The van der Waals surface area contributed by atoms with E-state index < -0.39 is 0 Å². The molecule has 96 valence electrons. The molecule has 18 heavy (non-hydrogen) atoms. The second-order valence-corrected chi connectivity index (χ2v) is 4.37. The number of hydrogen-bond acceptors (Lipinski definition) is 5. The van der Waals surface area contributed by atoms with E-state index in [-0.39, 0.29) is 6.04 Å². The van der Waals surface area contributed by atoms with E-state index in [4.69, 9.17) is 26.6 Å². The lowest BCUT2D eigenvalue weighted by atomic mass is 10.2. The Bertz CT molecular complexity index is 498. The molecule has 0 amide bonds. The zero-order valence-electron chi connectivity index (χ0n) is 9.97. The Morgan fingerprint density at radius 3 is 2.78 bits per heavy atom. The zero-order chi connectivity index (χ0) is 13.0. The van der Waals surface area contributed by atoms with Crippen molar-refractivity contribution in [2.45, 2.75) is 12.5 Å². The third kappa shape index (κ3) is 3.29. The van der Waals surface area contributed by atoms with Gasteiger partial charge in [-0.05, 0) is 24.3 Å². The predicted molar refractivity (Wildman–Crippen MR) is 68.3 cm³/mol. The number of aromatic nitrogens is 2. The molecule has 0 spiro atoms. The van der Waals surface area contributed by atoms with E-state index in [1.54, 1.807) is 19.2 Å². The second-order valence-electron chi connectivity index (χ2n) is 3.94. The normalized spacial score (nSPS) is 12.6. The van der Waals surface area contributed by atoms with Crippen molar-refractivity contribution < 1.29 is 9.26 Å². The van der Waals surface area contributed by atoms with Gasteiger partial charge in [0.05, 0.1) is 6.61 Å². The lowest BCUT2D eigenvalue weighted by Crippen LogP contribution is -2.28. The van der Waals surface area contributed by atoms with Crippen LogP contribution in [0.1, 0.15) is 5.89 Å². The highest BCUT2D eigenvalue weighted by atomic mass is 35.5. The molecule has 0 radical (unpaired) electrons. The Kier molecular flexibility index (Phi) is 4.30. The lowest BCUT2D eigenvalue weighted by Gasteiger charge is -2.05. The summed E-state index contributed by atoms with van der Waals surface area (Å²) in [5, 5.41) is 4.57. The highest BCUT2D eigenvalue weighted by molar-refractivity contribution is 6.30.